The van der Waals surface area contributed by atoms with E-state index in [-0.39, 0.29) is 11.8 Å². The van der Waals surface area contributed by atoms with Crippen LogP contribution in [0.3, 0.4) is 0 Å². The Morgan fingerprint density at radius 2 is 1.58 bits per heavy atom. The molecule has 0 aliphatic heterocycles. The van der Waals surface area contributed by atoms with E-state index in [2.05, 4.69) is 16.0 Å². The third-order valence-electron chi connectivity index (χ3n) is 5.10. The molecule has 1 aromatic carbocycles. The first kappa shape index (κ1) is 26.1. The lowest BCUT2D eigenvalue weighted by atomic mass is 9.97. The highest BCUT2D eigenvalue weighted by Gasteiger charge is 2.29. The molecule has 9 nitrogen and oxygen atoms in total. The summed E-state index contributed by atoms with van der Waals surface area (Å²) < 4.78 is 0. The normalized spacial score (nSPS) is 14.8. The van der Waals surface area contributed by atoms with Crippen LogP contribution >= 0.6 is 0 Å². The molecule has 4 atom stereocenters. The summed E-state index contributed by atoms with van der Waals surface area (Å²) in [5.74, 6) is -3.26. The number of rotatable bonds is 12. The number of aliphatic carboxylic acids is 1. The molecule has 1 aromatic rings. The van der Waals surface area contributed by atoms with Gasteiger partial charge in [-0.05, 0) is 23.8 Å². The third kappa shape index (κ3) is 8.75. The van der Waals surface area contributed by atoms with Crippen LogP contribution in [0.15, 0.2) is 30.3 Å². The van der Waals surface area contributed by atoms with Crippen molar-refractivity contribution in [2.45, 2.75) is 58.7 Å². The van der Waals surface area contributed by atoms with Crippen molar-refractivity contribution in [1.82, 2.24) is 16.0 Å². The van der Waals surface area contributed by atoms with Gasteiger partial charge in [0.15, 0.2) is 0 Å². The maximum absolute atomic E-state index is 12.7. The zero-order valence-corrected chi connectivity index (χ0v) is 18.6. The first-order chi connectivity index (χ1) is 14.6. The molecule has 172 valence electrons. The number of carbonyl (C=O) groups is 4. The number of hydrogen-bond acceptors (Lipinski definition) is 5. The van der Waals surface area contributed by atoms with E-state index in [4.69, 9.17) is 10.8 Å². The van der Waals surface area contributed by atoms with Crippen LogP contribution in [0.2, 0.25) is 0 Å². The Kier molecular flexibility index (Phi) is 10.7. The summed E-state index contributed by atoms with van der Waals surface area (Å²) in [6.07, 6.45) is 0.947. The van der Waals surface area contributed by atoms with Crippen LogP contribution in [0.4, 0.5) is 0 Å². The summed E-state index contributed by atoms with van der Waals surface area (Å²) in [7, 11) is 0. The smallest absolute Gasteiger partial charge is 0.326 e. The largest absolute Gasteiger partial charge is 0.480 e. The van der Waals surface area contributed by atoms with Gasteiger partial charge in [-0.15, -0.1) is 0 Å². The van der Waals surface area contributed by atoms with Gasteiger partial charge in [-0.1, -0.05) is 64.4 Å². The van der Waals surface area contributed by atoms with Crippen LogP contribution in [0.25, 0.3) is 0 Å². The molecule has 0 heterocycles. The number of amides is 3. The molecule has 4 unspecified atom stereocenters. The van der Waals surface area contributed by atoms with Crippen molar-refractivity contribution in [3.8, 4) is 0 Å². The number of benzene rings is 1. The number of carboxylic acids is 1. The number of carboxylic acid groups (broad SMARTS) is 1. The molecule has 0 saturated carbocycles. The summed E-state index contributed by atoms with van der Waals surface area (Å²) in [5.41, 5.74) is 6.92. The Balaban J connectivity index is 2.69. The standard InChI is InChI=1S/C22H34N4O5/c1-5-14(4)19(26-20(28)16(23)11-15-9-7-6-8-10-15)21(29)24-12-17(27)25-18(13(2)3)22(30)31/h6-10,13-14,16,18-19H,5,11-12,23H2,1-4H3,(H,24,29)(H,25,27)(H,26,28)(H,30,31). The molecular weight excluding hydrogens is 400 g/mol. The Hall–Kier alpha value is -2.94. The zero-order valence-electron chi connectivity index (χ0n) is 18.6. The highest BCUT2D eigenvalue weighted by atomic mass is 16.4. The highest BCUT2D eigenvalue weighted by molar-refractivity contribution is 5.92. The Labute approximate surface area is 183 Å². The minimum atomic E-state index is -1.15. The average molecular weight is 435 g/mol. The third-order valence-corrected chi connectivity index (χ3v) is 5.10. The van der Waals surface area contributed by atoms with Gasteiger partial charge in [0.05, 0.1) is 12.6 Å². The van der Waals surface area contributed by atoms with Crippen LogP contribution < -0.4 is 21.7 Å². The average Bonchev–Trinajstić information content (AvgIpc) is 2.73. The first-order valence-corrected chi connectivity index (χ1v) is 10.5. The molecule has 0 fully saturated rings. The van der Waals surface area contributed by atoms with Gasteiger partial charge in [0.1, 0.15) is 12.1 Å². The van der Waals surface area contributed by atoms with Crippen molar-refractivity contribution in [2.75, 3.05) is 6.54 Å². The van der Waals surface area contributed by atoms with E-state index in [1.54, 1.807) is 13.8 Å². The van der Waals surface area contributed by atoms with Crippen molar-refractivity contribution in [3.63, 3.8) is 0 Å². The molecule has 0 aliphatic carbocycles. The monoisotopic (exact) mass is 434 g/mol. The van der Waals surface area contributed by atoms with Gasteiger partial charge in [0.25, 0.3) is 0 Å². The molecule has 31 heavy (non-hydrogen) atoms. The minimum absolute atomic E-state index is 0.196. The molecule has 0 saturated heterocycles. The van der Waals surface area contributed by atoms with E-state index in [1.807, 2.05) is 44.2 Å². The molecule has 3 amide bonds. The highest BCUT2D eigenvalue weighted by Crippen LogP contribution is 2.09. The number of carbonyl (C=O) groups excluding carboxylic acids is 3. The Bertz CT molecular complexity index is 754. The fourth-order valence-electron chi connectivity index (χ4n) is 2.94. The number of hydrogen-bond donors (Lipinski definition) is 5. The summed E-state index contributed by atoms with van der Waals surface area (Å²) in [6, 6.07) is 6.57. The fourth-order valence-corrected chi connectivity index (χ4v) is 2.94. The molecule has 0 bridgehead atoms. The second-order valence-corrected chi connectivity index (χ2v) is 8.01. The van der Waals surface area contributed by atoms with E-state index in [9.17, 15) is 19.2 Å². The van der Waals surface area contributed by atoms with Crippen LogP contribution in [-0.2, 0) is 25.6 Å². The molecule has 0 spiro atoms. The SMILES string of the molecule is CCC(C)C(NC(=O)C(N)Cc1ccccc1)C(=O)NCC(=O)NC(C(=O)O)C(C)C. The van der Waals surface area contributed by atoms with Crippen molar-refractivity contribution < 1.29 is 24.3 Å². The number of nitrogens with one attached hydrogen (secondary N) is 3. The van der Waals surface area contributed by atoms with Gasteiger partial charge < -0.3 is 26.8 Å². The summed E-state index contributed by atoms with van der Waals surface area (Å²) in [6.45, 7) is 6.64. The van der Waals surface area contributed by atoms with E-state index in [0.717, 1.165) is 5.56 Å². The van der Waals surface area contributed by atoms with Crippen LogP contribution in [-0.4, -0.2) is 53.5 Å². The minimum Gasteiger partial charge on any atom is -0.480 e. The first-order valence-electron chi connectivity index (χ1n) is 10.5. The lowest BCUT2D eigenvalue weighted by Crippen LogP contribution is -2.56. The van der Waals surface area contributed by atoms with Gasteiger partial charge in [0, 0.05) is 0 Å². The molecule has 0 radical (unpaired) electrons. The van der Waals surface area contributed by atoms with Gasteiger partial charge >= 0.3 is 5.97 Å². The summed E-state index contributed by atoms with van der Waals surface area (Å²) in [5, 5.41) is 16.7. The second kappa shape index (κ2) is 12.7. The maximum atomic E-state index is 12.7. The second-order valence-electron chi connectivity index (χ2n) is 8.01. The Morgan fingerprint density at radius 1 is 0.968 bits per heavy atom. The van der Waals surface area contributed by atoms with E-state index in [0.29, 0.717) is 12.8 Å². The van der Waals surface area contributed by atoms with E-state index in [1.165, 1.54) is 0 Å². The Morgan fingerprint density at radius 3 is 2.10 bits per heavy atom. The molecule has 0 aliphatic rings. The maximum Gasteiger partial charge on any atom is 0.326 e. The quantitative estimate of drug-likeness (QED) is 0.322. The van der Waals surface area contributed by atoms with E-state index < -0.39 is 48.4 Å². The van der Waals surface area contributed by atoms with Gasteiger partial charge in [0.2, 0.25) is 17.7 Å². The molecular formula is C22H34N4O5. The molecule has 6 N–H and O–H groups in total. The lowest BCUT2D eigenvalue weighted by molar-refractivity contribution is -0.143. The predicted octanol–water partition coefficient (Wildman–Crippen LogP) is 0.429. The van der Waals surface area contributed by atoms with E-state index >= 15 is 0 Å². The topological polar surface area (TPSA) is 151 Å². The molecule has 0 aromatic heterocycles. The summed E-state index contributed by atoms with van der Waals surface area (Å²) >= 11 is 0. The lowest BCUT2D eigenvalue weighted by Gasteiger charge is -2.25. The van der Waals surface area contributed by atoms with Gasteiger partial charge in [-0.25, -0.2) is 4.79 Å². The predicted molar refractivity (Wildman–Crippen MR) is 117 cm³/mol. The molecule has 9 heteroatoms. The van der Waals surface area contributed by atoms with Gasteiger partial charge in [-0.2, -0.15) is 0 Å². The molecule has 1 rings (SSSR count). The van der Waals surface area contributed by atoms with Crippen molar-refractivity contribution in [1.29, 1.82) is 0 Å². The number of nitrogens with two attached hydrogens (primary N) is 1. The summed E-state index contributed by atoms with van der Waals surface area (Å²) in [4.78, 5) is 48.5. The zero-order chi connectivity index (χ0) is 23.6. The van der Waals surface area contributed by atoms with Crippen molar-refractivity contribution in [3.05, 3.63) is 35.9 Å². The van der Waals surface area contributed by atoms with Crippen LogP contribution in [0, 0.1) is 11.8 Å². The van der Waals surface area contributed by atoms with Crippen molar-refractivity contribution >= 4 is 23.7 Å². The van der Waals surface area contributed by atoms with Crippen molar-refractivity contribution in [2.24, 2.45) is 17.6 Å². The fraction of sp³-hybridized carbons (Fsp3) is 0.545. The van der Waals surface area contributed by atoms with Crippen LogP contribution in [0.5, 0.6) is 0 Å². The van der Waals surface area contributed by atoms with Gasteiger partial charge in [-0.3, -0.25) is 14.4 Å². The van der Waals surface area contributed by atoms with Crippen LogP contribution in [0.1, 0.15) is 39.7 Å².